The predicted octanol–water partition coefficient (Wildman–Crippen LogP) is 1.04. The van der Waals surface area contributed by atoms with Gasteiger partial charge in [-0.15, -0.1) is 0 Å². The number of likely N-dealkylation sites (N-methyl/N-ethyl adjacent to an activating group) is 1. The molecule has 0 spiro atoms. The lowest BCUT2D eigenvalue weighted by molar-refractivity contribution is -0.123. The first-order valence-corrected chi connectivity index (χ1v) is 9.31. The SMILES string of the molecule is CNC(=O)[C@@H]1C[C@H](Oc2cccnc2)CN1S(=O)(=O)c1ccccc1. The van der Waals surface area contributed by atoms with Crippen LogP contribution in [0.3, 0.4) is 0 Å². The molecular weight excluding hydrogens is 342 g/mol. The van der Waals surface area contributed by atoms with Gasteiger partial charge in [-0.25, -0.2) is 8.42 Å². The zero-order valence-corrected chi connectivity index (χ0v) is 14.5. The second-order valence-electron chi connectivity index (χ2n) is 5.68. The number of ether oxygens (including phenoxy) is 1. The minimum atomic E-state index is -3.79. The van der Waals surface area contributed by atoms with Crippen molar-refractivity contribution in [1.82, 2.24) is 14.6 Å². The molecule has 2 atom stereocenters. The van der Waals surface area contributed by atoms with E-state index in [0.717, 1.165) is 0 Å². The second-order valence-corrected chi connectivity index (χ2v) is 7.57. The number of nitrogens with zero attached hydrogens (tertiary/aromatic N) is 2. The van der Waals surface area contributed by atoms with Gasteiger partial charge < -0.3 is 10.1 Å². The van der Waals surface area contributed by atoms with Gasteiger partial charge in [-0.05, 0) is 24.3 Å². The average molecular weight is 361 g/mol. The number of benzene rings is 1. The zero-order chi connectivity index (χ0) is 17.9. The maximum absolute atomic E-state index is 12.9. The zero-order valence-electron chi connectivity index (χ0n) is 13.7. The van der Waals surface area contributed by atoms with E-state index in [1.54, 1.807) is 42.7 Å². The molecule has 2 heterocycles. The lowest BCUT2D eigenvalue weighted by Crippen LogP contribution is -2.44. The van der Waals surface area contributed by atoms with Crippen LogP contribution in [0.2, 0.25) is 0 Å². The summed E-state index contributed by atoms with van der Waals surface area (Å²) in [7, 11) is -2.30. The molecule has 0 bridgehead atoms. The maximum Gasteiger partial charge on any atom is 0.243 e. The standard InChI is InChI=1S/C17H19N3O4S/c1-18-17(21)16-10-14(24-13-6-5-9-19-11-13)12-20(16)25(22,23)15-7-3-2-4-8-15/h2-9,11,14,16H,10,12H2,1H3,(H,18,21)/t14-,16-/m0/s1. The van der Waals surface area contributed by atoms with Gasteiger partial charge in [0.1, 0.15) is 17.9 Å². The van der Waals surface area contributed by atoms with Crippen LogP contribution in [0.5, 0.6) is 5.75 Å². The molecule has 1 N–H and O–H groups in total. The smallest absolute Gasteiger partial charge is 0.243 e. The summed E-state index contributed by atoms with van der Waals surface area (Å²) in [6.07, 6.45) is 3.04. The van der Waals surface area contributed by atoms with Crippen molar-refractivity contribution in [2.24, 2.45) is 0 Å². The van der Waals surface area contributed by atoms with Gasteiger partial charge in [-0.3, -0.25) is 9.78 Å². The van der Waals surface area contributed by atoms with Crippen LogP contribution >= 0.6 is 0 Å². The summed E-state index contributed by atoms with van der Waals surface area (Å²) >= 11 is 0. The van der Waals surface area contributed by atoms with Crippen molar-refractivity contribution in [3.63, 3.8) is 0 Å². The summed E-state index contributed by atoms with van der Waals surface area (Å²) in [6.45, 7) is 0.101. The van der Waals surface area contributed by atoms with E-state index >= 15 is 0 Å². The number of rotatable bonds is 5. The van der Waals surface area contributed by atoms with Gasteiger partial charge in [-0.2, -0.15) is 4.31 Å². The van der Waals surface area contributed by atoms with E-state index in [-0.39, 0.29) is 23.8 Å². The number of hydrogen-bond acceptors (Lipinski definition) is 5. The van der Waals surface area contributed by atoms with Crippen LogP contribution < -0.4 is 10.1 Å². The van der Waals surface area contributed by atoms with Gasteiger partial charge in [0.05, 0.1) is 17.6 Å². The van der Waals surface area contributed by atoms with Gasteiger partial charge in [0.25, 0.3) is 0 Å². The fourth-order valence-corrected chi connectivity index (χ4v) is 4.51. The van der Waals surface area contributed by atoms with E-state index in [1.165, 1.54) is 23.5 Å². The molecule has 1 amide bonds. The Morgan fingerprint density at radius 1 is 1.24 bits per heavy atom. The normalized spacial score (nSPS) is 21.0. The fourth-order valence-electron chi connectivity index (χ4n) is 2.86. The monoisotopic (exact) mass is 361 g/mol. The van der Waals surface area contributed by atoms with Crippen LogP contribution in [0.4, 0.5) is 0 Å². The molecule has 0 radical (unpaired) electrons. The van der Waals surface area contributed by atoms with Crippen molar-refractivity contribution in [3.05, 3.63) is 54.9 Å². The minimum Gasteiger partial charge on any atom is -0.487 e. The highest BCUT2D eigenvalue weighted by Gasteiger charge is 2.44. The molecular formula is C17H19N3O4S. The van der Waals surface area contributed by atoms with E-state index in [2.05, 4.69) is 10.3 Å². The molecule has 0 unspecified atom stereocenters. The van der Waals surface area contributed by atoms with Gasteiger partial charge in [0, 0.05) is 19.7 Å². The lowest BCUT2D eigenvalue weighted by atomic mass is 10.2. The molecule has 7 nitrogen and oxygen atoms in total. The van der Waals surface area contributed by atoms with Crippen LogP contribution in [0, 0.1) is 0 Å². The number of nitrogens with one attached hydrogen (secondary N) is 1. The highest BCUT2D eigenvalue weighted by atomic mass is 32.2. The molecule has 2 aromatic rings. The van der Waals surface area contributed by atoms with Crippen molar-refractivity contribution < 1.29 is 17.9 Å². The van der Waals surface area contributed by atoms with Crippen molar-refractivity contribution in [1.29, 1.82) is 0 Å². The highest BCUT2D eigenvalue weighted by molar-refractivity contribution is 7.89. The number of carbonyl (C=O) groups excluding carboxylic acids is 1. The quantitative estimate of drug-likeness (QED) is 0.860. The van der Waals surface area contributed by atoms with Crippen molar-refractivity contribution in [2.45, 2.75) is 23.5 Å². The van der Waals surface area contributed by atoms with Crippen LogP contribution in [0.15, 0.2) is 59.8 Å². The highest BCUT2D eigenvalue weighted by Crippen LogP contribution is 2.28. The molecule has 3 rings (SSSR count). The molecule has 1 aromatic carbocycles. The number of carbonyl (C=O) groups is 1. The first-order valence-electron chi connectivity index (χ1n) is 7.87. The molecule has 1 saturated heterocycles. The molecule has 25 heavy (non-hydrogen) atoms. The topological polar surface area (TPSA) is 88.6 Å². The Labute approximate surface area is 146 Å². The third-order valence-electron chi connectivity index (χ3n) is 4.05. The molecule has 1 aromatic heterocycles. The average Bonchev–Trinajstić information content (AvgIpc) is 3.07. The summed E-state index contributed by atoms with van der Waals surface area (Å²) in [5.41, 5.74) is 0. The molecule has 0 saturated carbocycles. The Kier molecular flexibility index (Phi) is 5.00. The Balaban J connectivity index is 1.87. The van der Waals surface area contributed by atoms with Crippen molar-refractivity contribution in [3.8, 4) is 5.75 Å². The Hall–Kier alpha value is -2.45. The van der Waals surface area contributed by atoms with E-state index < -0.39 is 22.2 Å². The number of sulfonamides is 1. The Morgan fingerprint density at radius 3 is 2.64 bits per heavy atom. The summed E-state index contributed by atoms with van der Waals surface area (Å²) in [5.74, 6) is 0.193. The van der Waals surface area contributed by atoms with Crippen LogP contribution in [-0.4, -0.2) is 49.4 Å². The number of hydrogen-bond donors (Lipinski definition) is 1. The fraction of sp³-hybridized carbons (Fsp3) is 0.294. The lowest BCUT2D eigenvalue weighted by Gasteiger charge is -2.22. The van der Waals surface area contributed by atoms with Crippen LogP contribution in [0.1, 0.15) is 6.42 Å². The van der Waals surface area contributed by atoms with E-state index in [4.69, 9.17) is 4.74 Å². The largest absolute Gasteiger partial charge is 0.487 e. The third-order valence-corrected chi connectivity index (χ3v) is 5.94. The maximum atomic E-state index is 12.9. The molecule has 1 aliphatic rings. The Bertz CT molecular complexity index is 827. The summed E-state index contributed by atoms with van der Waals surface area (Å²) in [6, 6.07) is 10.8. The number of pyridine rings is 1. The third kappa shape index (κ3) is 3.64. The summed E-state index contributed by atoms with van der Waals surface area (Å²) in [4.78, 5) is 16.3. The van der Waals surface area contributed by atoms with Crippen molar-refractivity contribution in [2.75, 3.05) is 13.6 Å². The molecule has 0 aliphatic carbocycles. The first kappa shape index (κ1) is 17.4. The van der Waals surface area contributed by atoms with Gasteiger partial charge in [0.2, 0.25) is 15.9 Å². The predicted molar refractivity (Wildman–Crippen MR) is 91.5 cm³/mol. The van der Waals surface area contributed by atoms with Gasteiger partial charge in [-0.1, -0.05) is 18.2 Å². The van der Waals surface area contributed by atoms with Crippen LogP contribution in [-0.2, 0) is 14.8 Å². The molecule has 1 aliphatic heterocycles. The molecule has 8 heteroatoms. The van der Waals surface area contributed by atoms with E-state index in [1.807, 2.05) is 0 Å². The van der Waals surface area contributed by atoms with E-state index in [9.17, 15) is 13.2 Å². The second kappa shape index (κ2) is 7.20. The summed E-state index contributed by atoms with van der Waals surface area (Å²) < 4.78 is 32.9. The summed E-state index contributed by atoms with van der Waals surface area (Å²) in [5, 5.41) is 2.53. The number of amides is 1. The van der Waals surface area contributed by atoms with Crippen molar-refractivity contribution >= 4 is 15.9 Å². The molecule has 132 valence electrons. The van der Waals surface area contributed by atoms with E-state index in [0.29, 0.717) is 5.75 Å². The molecule has 1 fully saturated rings. The van der Waals surface area contributed by atoms with Gasteiger partial charge >= 0.3 is 0 Å². The van der Waals surface area contributed by atoms with Gasteiger partial charge in [0.15, 0.2) is 0 Å². The minimum absolute atomic E-state index is 0.101. The Morgan fingerprint density at radius 2 is 2.00 bits per heavy atom. The number of aromatic nitrogens is 1. The van der Waals surface area contributed by atoms with Crippen LogP contribution in [0.25, 0.3) is 0 Å². The first-order chi connectivity index (χ1) is 12.0.